The molecule has 0 spiro atoms. The second-order valence-electron chi connectivity index (χ2n) is 4.25. The minimum absolute atomic E-state index is 0.0984. The van der Waals surface area contributed by atoms with Crippen LogP contribution in [0.15, 0.2) is 10.8 Å². The first-order chi connectivity index (χ1) is 8.54. The molecule has 0 radical (unpaired) electrons. The molecule has 2 heterocycles. The number of carbonyl (C=O) groups is 1. The maximum Gasteiger partial charge on any atom is 0.169 e. The summed E-state index contributed by atoms with van der Waals surface area (Å²) in [7, 11) is 1.83. The number of Topliss-reactive ketones (excluding diaryl/α,β-unsaturated/α-hetero) is 1. The number of rotatable bonds is 4. The van der Waals surface area contributed by atoms with Crippen LogP contribution in [0, 0.1) is 6.92 Å². The predicted molar refractivity (Wildman–Crippen MR) is 74.7 cm³/mol. The molecule has 0 saturated heterocycles. The van der Waals surface area contributed by atoms with E-state index in [1.807, 2.05) is 31.7 Å². The highest BCUT2D eigenvalue weighted by atomic mass is 35.5. The first-order valence-electron chi connectivity index (χ1n) is 5.80. The van der Waals surface area contributed by atoms with E-state index in [2.05, 4.69) is 5.10 Å². The van der Waals surface area contributed by atoms with Gasteiger partial charge in [0.1, 0.15) is 0 Å². The third-order valence-electron chi connectivity index (χ3n) is 2.99. The van der Waals surface area contributed by atoms with E-state index in [0.29, 0.717) is 11.4 Å². The summed E-state index contributed by atoms with van der Waals surface area (Å²) in [6.45, 7) is 3.95. The van der Waals surface area contributed by atoms with Gasteiger partial charge in [0.2, 0.25) is 0 Å². The molecule has 0 fully saturated rings. The average molecular weight is 283 g/mol. The highest BCUT2D eigenvalue weighted by molar-refractivity contribution is 7.08. The number of hydrogen-bond acceptors (Lipinski definition) is 3. The van der Waals surface area contributed by atoms with Crippen LogP contribution < -0.4 is 0 Å². The zero-order valence-corrected chi connectivity index (χ0v) is 12.2. The molecule has 0 aliphatic carbocycles. The van der Waals surface area contributed by atoms with Crippen molar-refractivity contribution < 1.29 is 4.79 Å². The van der Waals surface area contributed by atoms with E-state index in [1.54, 1.807) is 16.0 Å². The van der Waals surface area contributed by atoms with Gasteiger partial charge in [0.05, 0.1) is 22.8 Å². The largest absolute Gasteiger partial charge is 0.294 e. The summed E-state index contributed by atoms with van der Waals surface area (Å²) in [5.74, 6) is 0.0984. The molecule has 0 N–H and O–H groups in total. The van der Waals surface area contributed by atoms with Gasteiger partial charge >= 0.3 is 0 Å². The van der Waals surface area contributed by atoms with Gasteiger partial charge in [-0.3, -0.25) is 9.48 Å². The Kier molecular flexibility index (Phi) is 3.88. The Hall–Kier alpha value is -1.13. The normalized spacial score (nSPS) is 10.9. The summed E-state index contributed by atoms with van der Waals surface area (Å²) < 4.78 is 1.71. The molecular weight excluding hydrogens is 268 g/mol. The molecule has 3 nitrogen and oxygen atoms in total. The second kappa shape index (κ2) is 5.24. The molecule has 0 unspecified atom stereocenters. The molecule has 0 aliphatic heterocycles. The molecule has 0 bridgehead atoms. The Morgan fingerprint density at radius 1 is 1.50 bits per heavy atom. The van der Waals surface area contributed by atoms with Crippen LogP contribution in [0.3, 0.4) is 0 Å². The van der Waals surface area contributed by atoms with Crippen LogP contribution in [0.1, 0.15) is 34.2 Å². The van der Waals surface area contributed by atoms with Crippen molar-refractivity contribution in [1.82, 2.24) is 9.78 Å². The lowest BCUT2D eigenvalue weighted by atomic mass is 10.1. The molecule has 0 aliphatic rings. The summed E-state index contributed by atoms with van der Waals surface area (Å²) in [4.78, 5) is 12.2. The zero-order valence-electron chi connectivity index (χ0n) is 10.7. The van der Waals surface area contributed by atoms with Crippen molar-refractivity contribution in [2.45, 2.75) is 26.7 Å². The monoisotopic (exact) mass is 282 g/mol. The zero-order chi connectivity index (χ0) is 13.3. The molecule has 5 heteroatoms. The van der Waals surface area contributed by atoms with Crippen LogP contribution in [0.4, 0.5) is 0 Å². The Morgan fingerprint density at radius 3 is 2.72 bits per heavy atom. The molecule has 0 saturated carbocycles. The van der Waals surface area contributed by atoms with Crippen LogP contribution in [0.5, 0.6) is 0 Å². The molecule has 2 aromatic heterocycles. The summed E-state index contributed by atoms with van der Waals surface area (Å²) in [5.41, 5.74) is 3.46. The molecule has 0 aromatic carbocycles. The fraction of sp³-hybridized carbons (Fsp3) is 0.385. The minimum Gasteiger partial charge on any atom is -0.294 e. The average Bonchev–Trinajstić information content (AvgIpc) is 2.87. The van der Waals surface area contributed by atoms with E-state index in [4.69, 9.17) is 11.6 Å². The van der Waals surface area contributed by atoms with E-state index in [9.17, 15) is 4.79 Å². The number of carbonyl (C=O) groups excluding carboxylic acids is 1. The molecule has 0 amide bonds. The summed E-state index contributed by atoms with van der Waals surface area (Å²) in [5, 5.41) is 8.82. The van der Waals surface area contributed by atoms with Crippen LogP contribution >= 0.6 is 22.9 Å². The van der Waals surface area contributed by atoms with Gasteiger partial charge in [-0.15, -0.1) is 0 Å². The smallest absolute Gasteiger partial charge is 0.169 e. The van der Waals surface area contributed by atoms with Gasteiger partial charge in [0, 0.05) is 18.0 Å². The summed E-state index contributed by atoms with van der Waals surface area (Å²) >= 11 is 7.79. The van der Waals surface area contributed by atoms with Crippen molar-refractivity contribution >= 4 is 28.7 Å². The van der Waals surface area contributed by atoms with Crippen LogP contribution in [-0.2, 0) is 19.9 Å². The second-order valence-corrected chi connectivity index (χ2v) is 5.37. The van der Waals surface area contributed by atoms with Crippen molar-refractivity contribution in [2.75, 3.05) is 0 Å². The Labute approximate surface area is 115 Å². The van der Waals surface area contributed by atoms with Crippen molar-refractivity contribution in [3.8, 4) is 0 Å². The summed E-state index contributed by atoms with van der Waals surface area (Å²) in [6, 6.07) is 0. The van der Waals surface area contributed by atoms with Gasteiger partial charge in [-0.25, -0.2) is 0 Å². The van der Waals surface area contributed by atoms with Crippen LogP contribution in [-0.4, -0.2) is 15.6 Å². The first-order valence-corrected chi connectivity index (χ1v) is 7.12. The van der Waals surface area contributed by atoms with E-state index in [1.165, 1.54) is 0 Å². The van der Waals surface area contributed by atoms with Crippen molar-refractivity contribution in [1.29, 1.82) is 0 Å². The third kappa shape index (κ3) is 2.35. The van der Waals surface area contributed by atoms with Crippen LogP contribution in [0.25, 0.3) is 0 Å². The van der Waals surface area contributed by atoms with Gasteiger partial charge in [-0.1, -0.05) is 18.5 Å². The molecular formula is C13H15ClN2OS. The number of aryl methyl sites for hydroxylation is 3. The fourth-order valence-electron chi connectivity index (χ4n) is 1.91. The lowest BCUT2D eigenvalue weighted by Gasteiger charge is -2.02. The number of ketones is 1. The standard InChI is InChI=1S/C13H15ClN2OS/c1-4-10-13(14)11(16(3)15-10)5-12(17)9-7-18-6-8(9)2/h6-7H,4-5H2,1-3H3. The van der Waals surface area contributed by atoms with Crippen molar-refractivity contribution in [2.24, 2.45) is 7.05 Å². The lowest BCUT2D eigenvalue weighted by molar-refractivity contribution is 0.0990. The highest BCUT2D eigenvalue weighted by Crippen LogP contribution is 2.23. The maximum absolute atomic E-state index is 12.2. The van der Waals surface area contributed by atoms with E-state index in [0.717, 1.165) is 28.9 Å². The van der Waals surface area contributed by atoms with Gasteiger partial charge in [-0.05, 0) is 24.3 Å². The van der Waals surface area contributed by atoms with Gasteiger partial charge in [0.15, 0.2) is 5.78 Å². The Morgan fingerprint density at radius 2 is 2.22 bits per heavy atom. The third-order valence-corrected chi connectivity index (χ3v) is 4.28. The number of nitrogens with zero attached hydrogens (tertiary/aromatic N) is 2. The summed E-state index contributed by atoms with van der Waals surface area (Å²) in [6.07, 6.45) is 1.08. The first kappa shape index (κ1) is 13.3. The Balaban J connectivity index is 2.27. The van der Waals surface area contributed by atoms with Gasteiger partial charge in [0.25, 0.3) is 0 Å². The van der Waals surface area contributed by atoms with Crippen molar-refractivity contribution in [3.05, 3.63) is 38.3 Å². The van der Waals surface area contributed by atoms with Gasteiger partial charge in [-0.2, -0.15) is 16.4 Å². The topological polar surface area (TPSA) is 34.9 Å². The van der Waals surface area contributed by atoms with E-state index < -0.39 is 0 Å². The molecule has 0 atom stereocenters. The maximum atomic E-state index is 12.2. The van der Waals surface area contributed by atoms with Gasteiger partial charge < -0.3 is 0 Å². The quantitative estimate of drug-likeness (QED) is 0.805. The minimum atomic E-state index is 0.0984. The number of hydrogen-bond donors (Lipinski definition) is 0. The predicted octanol–water partition coefficient (Wildman–Crippen LogP) is 3.43. The van der Waals surface area contributed by atoms with Crippen LogP contribution in [0.2, 0.25) is 5.02 Å². The Bertz CT molecular complexity index is 586. The lowest BCUT2D eigenvalue weighted by Crippen LogP contribution is -2.08. The van der Waals surface area contributed by atoms with Crippen molar-refractivity contribution in [3.63, 3.8) is 0 Å². The molecule has 2 aromatic rings. The molecule has 18 heavy (non-hydrogen) atoms. The SMILES string of the molecule is CCc1nn(C)c(CC(=O)c2cscc2C)c1Cl. The fourth-order valence-corrected chi connectivity index (χ4v) is 3.12. The number of halogens is 1. The highest BCUT2D eigenvalue weighted by Gasteiger charge is 2.18. The van der Waals surface area contributed by atoms with E-state index in [-0.39, 0.29) is 5.78 Å². The van der Waals surface area contributed by atoms with E-state index >= 15 is 0 Å². The number of aromatic nitrogens is 2. The molecule has 2 rings (SSSR count). The molecule has 96 valence electrons. The number of thiophene rings is 1.